The van der Waals surface area contributed by atoms with Gasteiger partial charge in [-0.05, 0) is 47.1 Å². The molecule has 2 heterocycles. The molecule has 1 aromatic rings. The molecule has 0 aromatic carbocycles. The Morgan fingerprint density at radius 2 is 2.09 bits per heavy atom. The topological polar surface area (TPSA) is 44.6 Å². The number of amides is 1. The lowest BCUT2D eigenvalue weighted by Gasteiger charge is -2.37. The number of piperidine rings is 1. The molecule has 0 bridgehead atoms. The van der Waals surface area contributed by atoms with Crippen LogP contribution in [0.3, 0.4) is 0 Å². The van der Waals surface area contributed by atoms with Crippen molar-refractivity contribution in [2.45, 2.75) is 25.4 Å². The maximum absolute atomic E-state index is 12.6. The summed E-state index contributed by atoms with van der Waals surface area (Å²) in [4.78, 5) is 23.1. The number of carbonyl (C=O) groups is 1. The fourth-order valence-electron chi connectivity index (χ4n) is 2.88. The number of hydrogen-bond donors (Lipinski definition) is 0. The molecule has 128 valence electrons. The highest BCUT2D eigenvalue weighted by Crippen LogP contribution is 2.16. The van der Waals surface area contributed by atoms with E-state index in [9.17, 15) is 4.79 Å². The molecule has 2 rings (SSSR count). The molecule has 1 aliphatic heterocycles. The minimum atomic E-state index is 0.126. The highest BCUT2D eigenvalue weighted by Gasteiger charge is 2.25. The summed E-state index contributed by atoms with van der Waals surface area (Å²) >= 11 is 0. The van der Waals surface area contributed by atoms with Crippen LogP contribution >= 0.6 is 0 Å². The molecule has 0 aliphatic carbocycles. The zero-order valence-electron chi connectivity index (χ0n) is 14.6. The number of likely N-dealkylation sites (tertiary alicyclic amines) is 1. The summed E-state index contributed by atoms with van der Waals surface area (Å²) in [6, 6.07) is 0.339. The SMILES string of the molecule is CN(C)C/C=C/C(=O)N(CCn1ccnc1)C1CCN(C)CC1. The van der Waals surface area contributed by atoms with E-state index in [0.29, 0.717) is 6.04 Å². The molecular formula is C17H29N5O. The summed E-state index contributed by atoms with van der Waals surface area (Å²) in [5, 5.41) is 0. The maximum Gasteiger partial charge on any atom is 0.246 e. The molecule has 6 heteroatoms. The number of nitrogens with zero attached hydrogens (tertiary/aromatic N) is 5. The number of likely N-dealkylation sites (N-methyl/N-ethyl adjacent to an activating group) is 1. The van der Waals surface area contributed by atoms with Gasteiger partial charge in [0.05, 0.1) is 6.33 Å². The van der Waals surface area contributed by atoms with Crippen LogP contribution in [0.2, 0.25) is 0 Å². The van der Waals surface area contributed by atoms with E-state index >= 15 is 0 Å². The zero-order valence-corrected chi connectivity index (χ0v) is 14.6. The molecule has 1 aromatic heterocycles. The second-order valence-corrected chi connectivity index (χ2v) is 6.53. The Bertz CT molecular complexity index is 489. The Morgan fingerprint density at radius 1 is 1.35 bits per heavy atom. The molecule has 0 atom stereocenters. The van der Waals surface area contributed by atoms with Crippen molar-refractivity contribution in [2.24, 2.45) is 0 Å². The van der Waals surface area contributed by atoms with E-state index in [1.807, 2.05) is 35.8 Å². The molecule has 1 aliphatic rings. The first-order chi connectivity index (χ1) is 11.1. The van der Waals surface area contributed by atoms with Gasteiger partial charge in [-0.15, -0.1) is 0 Å². The lowest BCUT2D eigenvalue weighted by Crippen LogP contribution is -2.47. The summed E-state index contributed by atoms with van der Waals surface area (Å²) < 4.78 is 2.03. The first-order valence-electron chi connectivity index (χ1n) is 8.32. The Balaban J connectivity index is 1.97. The highest BCUT2D eigenvalue weighted by atomic mass is 16.2. The number of imidazole rings is 1. The Morgan fingerprint density at radius 3 is 2.70 bits per heavy atom. The van der Waals surface area contributed by atoms with E-state index in [0.717, 1.165) is 45.6 Å². The summed E-state index contributed by atoms with van der Waals surface area (Å²) in [6.07, 6.45) is 11.3. The standard InChI is InChI=1S/C17H29N5O/c1-19(2)9-4-5-17(23)22(14-13-21-12-8-18-15-21)16-6-10-20(3)11-7-16/h4-5,8,12,15-16H,6-7,9-11,13-14H2,1-3H3/b5-4+. The average Bonchev–Trinajstić information content (AvgIpc) is 3.02. The largest absolute Gasteiger partial charge is 0.336 e. The van der Waals surface area contributed by atoms with Gasteiger partial charge in [0.2, 0.25) is 5.91 Å². The summed E-state index contributed by atoms with van der Waals surface area (Å²) in [5.74, 6) is 0.126. The number of rotatable bonds is 7. The molecule has 1 saturated heterocycles. The molecular weight excluding hydrogens is 290 g/mol. The van der Waals surface area contributed by atoms with Gasteiger partial charge in [-0.3, -0.25) is 4.79 Å². The van der Waals surface area contributed by atoms with Crippen molar-refractivity contribution in [3.05, 3.63) is 30.9 Å². The molecule has 0 spiro atoms. The van der Waals surface area contributed by atoms with E-state index in [1.54, 1.807) is 18.6 Å². The van der Waals surface area contributed by atoms with E-state index in [4.69, 9.17) is 0 Å². The molecule has 6 nitrogen and oxygen atoms in total. The lowest BCUT2D eigenvalue weighted by molar-refractivity contribution is -0.129. The van der Waals surface area contributed by atoms with Crippen molar-refractivity contribution in [1.29, 1.82) is 0 Å². The van der Waals surface area contributed by atoms with Gasteiger partial charge < -0.3 is 19.3 Å². The van der Waals surface area contributed by atoms with E-state index in [-0.39, 0.29) is 5.91 Å². The third-order valence-electron chi connectivity index (χ3n) is 4.30. The van der Waals surface area contributed by atoms with Crippen molar-refractivity contribution < 1.29 is 4.79 Å². The second kappa shape index (κ2) is 8.84. The maximum atomic E-state index is 12.6. The van der Waals surface area contributed by atoms with Crippen LogP contribution in [-0.4, -0.2) is 83.5 Å². The molecule has 0 radical (unpaired) electrons. The van der Waals surface area contributed by atoms with Gasteiger partial charge in [-0.25, -0.2) is 4.98 Å². The van der Waals surface area contributed by atoms with Crippen molar-refractivity contribution in [3.63, 3.8) is 0 Å². The zero-order chi connectivity index (χ0) is 16.7. The summed E-state index contributed by atoms with van der Waals surface area (Å²) in [6.45, 7) is 4.42. The Hall–Kier alpha value is -1.66. The van der Waals surface area contributed by atoms with Gasteiger partial charge in [0.15, 0.2) is 0 Å². The van der Waals surface area contributed by atoms with Crippen LogP contribution in [-0.2, 0) is 11.3 Å². The third kappa shape index (κ3) is 5.80. The smallest absolute Gasteiger partial charge is 0.246 e. The second-order valence-electron chi connectivity index (χ2n) is 6.53. The van der Waals surface area contributed by atoms with Crippen molar-refractivity contribution in [3.8, 4) is 0 Å². The van der Waals surface area contributed by atoms with Crippen LogP contribution in [0, 0.1) is 0 Å². The number of hydrogen-bond acceptors (Lipinski definition) is 4. The van der Waals surface area contributed by atoms with E-state index < -0.39 is 0 Å². The summed E-state index contributed by atoms with van der Waals surface area (Å²) in [5.41, 5.74) is 0. The van der Waals surface area contributed by atoms with Crippen LogP contribution in [0.1, 0.15) is 12.8 Å². The fraction of sp³-hybridized carbons (Fsp3) is 0.647. The van der Waals surface area contributed by atoms with Crippen LogP contribution in [0.25, 0.3) is 0 Å². The lowest BCUT2D eigenvalue weighted by atomic mass is 10.0. The first kappa shape index (κ1) is 17.7. The van der Waals surface area contributed by atoms with Gasteiger partial charge in [0.1, 0.15) is 0 Å². The van der Waals surface area contributed by atoms with E-state index in [2.05, 4.69) is 21.8 Å². The van der Waals surface area contributed by atoms with Crippen LogP contribution < -0.4 is 0 Å². The molecule has 1 amide bonds. The third-order valence-corrected chi connectivity index (χ3v) is 4.30. The monoisotopic (exact) mass is 319 g/mol. The normalized spacial score (nSPS) is 17.2. The van der Waals surface area contributed by atoms with Gasteiger partial charge in [0.25, 0.3) is 0 Å². The fourth-order valence-corrected chi connectivity index (χ4v) is 2.88. The van der Waals surface area contributed by atoms with Crippen LogP contribution in [0.4, 0.5) is 0 Å². The van der Waals surface area contributed by atoms with Gasteiger partial charge in [0, 0.05) is 44.1 Å². The quantitative estimate of drug-likeness (QED) is 0.701. The molecule has 0 saturated carbocycles. The van der Waals surface area contributed by atoms with Crippen molar-refractivity contribution >= 4 is 5.91 Å². The minimum Gasteiger partial charge on any atom is -0.336 e. The van der Waals surface area contributed by atoms with Gasteiger partial charge in [-0.1, -0.05) is 6.08 Å². The van der Waals surface area contributed by atoms with E-state index in [1.165, 1.54) is 0 Å². The predicted molar refractivity (Wildman–Crippen MR) is 92.2 cm³/mol. The molecule has 1 fully saturated rings. The Labute approximate surface area is 139 Å². The van der Waals surface area contributed by atoms with Crippen molar-refractivity contribution in [2.75, 3.05) is 47.3 Å². The number of aromatic nitrogens is 2. The Kier molecular flexibility index (Phi) is 6.80. The van der Waals surface area contributed by atoms with Gasteiger partial charge >= 0.3 is 0 Å². The first-order valence-corrected chi connectivity index (χ1v) is 8.32. The molecule has 0 unspecified atom stereocenters. The predicted octanol–water partition coefficient (Wildman–Crippen LogP) is 0.924. The van der Waals surface area contributed by atoms with Crippen LogP contribution in [0.5, 0.6) is 0 Å². The molecule has 23 heavy (non-hydrogen) atoms. The van der Waals surface area contributed by atoms with Crippen LogP contribution in [0.15, 0.2) is 30.9 Å². The van der Waals surface area contributed by atoms with Gasteiger partial charge in [-0.2, -0.15) is 0 Å². The molecule has 0 N–H and O–H groups in total. The average molecular weight is 319 g/mol. The minimum absolute atomic E-state index is 0.126. The summed E-state index contributed by atoms with van der Waals surface area (Å²) in [7, 11) is 6.15. The van der Waals surface area contributed by atoms with Crippen molar-refractivity contribution in [1.82, 2.24) is 24.3 Å². The number of carbonyl (C=O) groups excluding carboxylic acids is 1. The highest BCUT2D eigenvalue weighted by molar-refractivity contribution is 5.87.